The molecule has 0 atom stereocenters. The number of halogens is 1. The number of nitrogens with one attached hydrogen (secondary N) is 3. The van der Waals surface area contributed by atoms with Gasteiger partial charge in [0.05, 0.1) is 37.6 Å². The first-order valence-corrected chi connectivity index (χ1v) is 27.7. The maximum Gasteiger partial charge on any atom is 0.293 e. The van der Waals surface area contributed by atoms with Crippen LogP contribution in [0, 0.1) is 15.5 Å². The third kappa shape index (κ3) is 12.0. The fourth-order valence-electron chi connectivity index (χ4n) is 8.85. The van der Waals surface area contributed by atoms with Gasteiger partial charge in [0.2, 0.25) is 0 Å². The van der Waals surface area contributed by atoms with Crippen LogP contribution < -0.4 is 19.7 Å². The Bertz CT molecular complexity index is 3110. The van der Waals surface area contributed by atoms with Crippen LogP contribution in [0.4, 0.5) is 17.1 Å². The van der Waals surface area contributed by atoms with Gasteiger partial charge < -0.3 is 19.9 Å². The molecule has 2 saturated heterocycles. The van der Waals surface area contributed by atoms with Crippen LogP contribution in [0.1, 0.15) is 49.0 Å². The van der Waals surface area contributed by atoms with Crippen LogP contribution in [0.5, 0.6) is 11.5 Å². The van der Waals surface area contributed by atoms with E-state index in [1.807, 2.05) is 23.1 Å². The van der Waals surface area contributed by atoms with E-state index < -0.39 is 51.2 Å². The molecule has 18 nitrogen and oxygen atoms in total. The fraction of sp³-hybridized carbons (Fsp3) is 0.391. The fourth-order valence-corrected chi connectivity index (χ4v) is 13.8. The third-order valence-electron chi connectivity index (χ3n) is 12.5. The minimum Gasteiger partial charge on any atom is -0.455 e. The first kappa shape index (κ1) is 48.9. The predicted molar refractivity (Wildman–Crippen MR) is 265 cm³/mol. The second-order valence-corrected chi connectivity index (χ2v) is 24.7. The highest BCUT2D eigenvalue weighted by Gasteiger charge is 2.31. The Labute approximate surface area is 401 Å². The Kier molecular flexibility index (Phi) is 14.2. The molecule has 2 aliphatic heterocycles. The van der Waals surface area contributed by atoms with E-state index in [0.29, 0.717) is 49.1 Å². The van der Waals surface area contributed by atoms with Crippen molar-refractivity contribution in [2.45, 2.75) is 38.0 Å². The van der Waals surface area contributed by atoms with E-state index in [2.05, 4.69) is 59.6 Å². The summed E-state index contributed by atoms with van der Waals surface area (Å²) < 4.78 is 75.4. The van der Waals surface area contributed by atoms with E-state index in [0.717, 1.165) is 68.4 Å². The lowest BCUT2D eigenvalue weighted by molar-refractivity contribution is -0.384. The summed E-state index contributed by atoms with van der Waals surface area (Å²) in [7, 11) is -11.3. The number of anilines is 2. The number of rotatable bonds is 15. The lowest BCUT2D eigenvalue weighted by Gasteiger charge is -2.39. The standard InChI is InChI=1S/C46H54ClN9O9S3/c1-46(2)14-12-34(40(29-46)32-4-6-35(47)7-5-32)31-54-18-20-55(21-19-54)36-8-10-39(43(27-36)65-37-26-33-13-15-49-44(33)50-30-37)45(57)51-68(63,64)38-9-11-41(42(28-38)56(58)59)48-16-17-53-22-24-67(62,25-23-53)52-66(3,60)61/h4-11,13,15,26-28,30,48H,12,14,16-25,29,31H2,1-3H3,(H,49,50)(H,51,57). The average Bonchev–Trinajstić information content (AvgIpc) is 3.75. The Morgan fingerprint density at radius 2 is 1.71 bits per heavy atom. The summed E-state index contributed by atoms with van der Waals surface area (Å²) >= 11 is 6.24. The lowest BCUT2D eigenvalue weighted by atomic mass is 9.72. The van der Waals surface area contributed by atoms with E-state index in [1.165, 1.54) is 35.0 Å². The van der Waals surface area contributed by atoms with Crippen LogP contribution in [-0.2, 0) is 29.8 Å². The molecule has 0 saturated carbocycles. The van der Waals surface area contributed by atoms with Crippen LogP contribution in [0.3, 0.4) is 0 Å². The van der Waals surface area contributed by atoms with E-state index in [-0.39, 0.29) is 40.5 Å². The average molecular weight is 1010 g/mol. The summed E-state index contributed by atoms with van der Waals surface area (Å²) in [5.41, 5.74) is 5.10. The number of allylic oxidation sites excluding steroid dienone is 1. The van der Waals surface area contributed by atoms with Gasteiger partial charge in [-0.15, -0.1) is 3.77 Å². The van der Waals surface area contributed by atoms with Crippen molar-refractivity contribution in [3.05, 3.63) is 117 Å². The van der Waals surface area contributed by atoms with Crippen LogP contribution in [0.25, 0.3) is 16.6 Å². The molecule has 1 aliphatic carbocycles. The molecule has 0 radical (unpaired) electrons. The Morgan fingerprint density at radius 3 is 2.41 bits per heavy atom. The van der Waals surface area contributed by atoms with E-state index >= 15 is 0 Å². The molecule has 362 valence electrons. The minimum absolute atomic E-state index is 0.0473. The number of hydrogen-bond acceptors (Lipinski definition) is 14. The molecule has 22 heteroatoms. The molecular formula is C46H54ClN9O9S3. The predicted octanol–water partition coefficient (Wildman–Crippen LogP) is 6.98. The number of fused-ring (bicyclic) bond motifs is 1. The van der Waals surface area contributed by atoms with Crippen LogP contribution in [0.2, 0.25) is 5.02 Å². The van der Waals surface area contributed by atoms with Gasteiger partial charge in [0.1, 0.15) is 22.8 Å². The van der Waals surface area contributed by atoms with E-state index in [9.17, 15) is 36.0 Å². The largest absolute Gasteiger partial charge is 0.455 e. The number of aromatic amines is 1. The van der Waals surface area contributed by atoms with Crippen molar-refractivity contribution in [1.29, 1.82) is 0 Å². The number of pyridine rings is 1. The number of hydrogen-bond donors (Lipinski definition) is 3. The van der Waals surface area contributed by atoms with Crippen LogP contribution in [-0.4, -0.2) is 128 Å². The Balaban J connectivity index is 0.963. The zero-order valence-electron chi connectivity index (χ0n) is 37.9. The number of H-pyrrole nitrogens is 1. The summed E-state index contributed by atoms with van der Waals surface area (Å²) in [6.07, 6.45) is 7.28. The highest BCUT2D eigenvalue weighted by molar-refractivity contribution is 8.03. The molecule has 3 N–H and O–H groups in total. The number of aromatic nitrogens is 2. The summed E-state index contributed by atoms with van der Waals surface area (Å²) in [5, 5.41) is 16.6. The molecule has 0 unspecified atom stereocenters. The molecule has 2 fully saturated rings. The first-order chi connectivity index (χ1) is 32.2. The van der Waals surface area contributed by atoms with Gasteiger partial charge in [-0.1, -0.05) is 43.2 Å². The minimum atomic E-state index is -4.65. The van der Waals surface area contributed by atoms with Crippen molar-refractivity contribution >= 4 is 81.0 Å². The third-order valence-corrected chi connectivity index (χ3v) is 17.9. The maximum atomic E-state index is 14.0. The summed E-state index contributed by atoms with van der Waals surface area (Å²) in [4.78, 5) is 39.0. The topological polar surface area (TPSA) is 230 Å². The van der Waals surface area contributed by atoms with Crippen molar-refractivity contribution in [3.8, 4) is 11.5 Å². The highest BCUT2D eigenvalue weighted by atomic mass is 35.5. The number of carbonyl (C=O) groups excluding carboxylic acids is 1. The van der Waals surface area contributed by atoms with E-state index in [4.69, 9.17) is 16.3 Å². The van der Waals surface area contributed by atoms with Crippen LogP contribution in [0.15, 0.2) is 99.4 Å². The molecule has 4 heterocycles. The van der Waals surface area contributed by atoms with Gasteiger partial charge in [0, 0.05) is 105 Å². The summed E-state index contributed by atoms with van der Waals surface area (Å²) in [6.45, 7) is 9.68. The number of piperazine rings is 1. The van der Waals surface area contributed by atoms with Crippen molar-refractivity contribution in [2.75, 3.05) is 86.9 Å². The van der Waals surface area contributed by atoms with Crippen molar-refractivity contribution < 1.29 is 35.5 Å². The number of sulfonamides is 2. The molecule has 0 spiro atoms. The molecule has 3 aliphatic rings. The SMILES string of the molecule is CC1(C)CCC(CN2CCN(c3ccc(C(=O)NS(=O)(=O)c4ccc(NCCN5CCS(=O)(=NS(C)(=O)=O)CC5)c([N+](=O)[O-])c4)c(Oc4cnc5[nH]ccc5c4)c3)CC2)=C(c2ccc(Cl)cc2)C1. The van der Waals surface area contributed by atoms with E-state index in [1.54, 1.807) is 24.4 Å². The molecule has 1 amide bonds. The van der Waals surface area contributed by atoms with Crippen molar-refractivity contribution in [1.82, 2.24) is 24.5 Å². The molecule has 5 aromatic rings. The number of amides is 1. The molecule has 8 rings (SSSR count). The highest BCUT2D eigenvalue weighted by Crippen LogP contribution is 2.43. The second kappa shape index (κ2) is 19.8. The molecular weight excluding hydrogens is 954 g/mol. The number of carbonyl (C=O) groups is 1. The normalized spacial score (nSPS) is 18.0. The van der Waals surface area contributed by atoms with Gasteiger partial charge in [-0.25, -0.2) is 30.8 Å². The summed E-state index contributed by atoms with van der Waals surface area (Å²) in [6, 6.07) is 20.0. The Hall–Kier alpha value is -5.58. The molecule has 3 aromatic carbocycles. The Morgan fingerprint density at radius 1 is 0.971 bits per heavy atom. The second-order valence-electron chi connectivity index (χ2n) is 18.2. The summed E-state index contributed by atoms with van der Waals surface area (Å²) in [5.74, 6) is -0.465. The molecule has 0 bridgehead atoms. The smallest absolute Gasteiger partial charge is 0.293 e. The van der Waals surface area contributed by atoms with Gasteiger partial charge in [-0.3, -0.25) is 24.7 Å². The quantitative estimate of drug-likeness (QED) is 0.0711. The monoisotopic (exact) mass is 1010 g/mol. The van der Waals surface area contributed by atoms with Crippen molar-refractivity contribution in [3.63, 3.8) is 0 Å². The number of nitrogens with zero attached hydrogens (tertiary/aromatic N) is 6. The first-order valence-electron chi connectivity index (χ1n) is 22.2. The zero-order chi connectivity index (χ0) is 48.4. The van der Waals surface area contributed by atoms with Crippen LogP contribution >= 0.6 is 11.6 Å². The van der Waals surface area contributed by atoms with Crippen molar-refractivity contribution in [2.24, 2.45) is 9.18 Å². The van der Waals surface area contributed by atoms with Gasteiger partial charge >= 0.3 is 0 Å². The number of nitro groups is 1. The van der Waals surface area contributed by atoms with Gasteiger partial charge in [-0.05, 0) is 84.3 Å². The number of ether oxygens (including phenoxy) is 1. The number of benzene rings is 3. The maximum absolute atomic E-state index is 14.0. The van der Waals surface area contributed by atoms with Gasteiger partial charge in [0.25, 0.3) is 31.6 Å². The molecule has 2 aromatic heterocycles. The zero-order valence-corrected chi connectivity index (χ0v) is 41.1. The number of nitro benzene ring substituents is 1. The van der Waals surface area contributed by atoms with Gasteiger partial charge in [-0.2, -0.15) is 0 Å². The molecule has 68 heavy (non-hydrogen) atoms. The lowest BCUT2D eigenvalue weighted by Crippen LogP contribution is -2.47. The van der Waals surface area contributed by atoms with Gasteiger partial charge in [0.15, 0.2) is 0 Å².